The summed E-state index contributed by atoms with van der Waals surface area (Å²) in [5, 5.41) is 0. The first-order chi connectivity index (χ1) is 32.1. The van der Waals surface area contributed by atoms with Gasteiger partial charge in [-0.05, 0) is 130 Å². The van der Waals surface area contributed by atoms with Crippen molar-refractivity contribution in [3.05, 3.63) is 108 Å². The zero-order valence-corrected chi connectivity index (χ0v) is 38.0. The van der Waals surface area contributed by atoms with Crippen molar-refractivity contribution in [2.24, 2.45) is 23.7 Å². The molecule has 2 aliphatic carbocycles. The van der Waals surface area contributed by atoms with Crippen molar-refractivity contribution in [1.82, 2.24) is 0 Å². The molecule has 2 aliphatic rings. The van der Waals surface area contributed by atoms with E-state index in [9.17, 15) is 38.4 Å². The first-order valence-corrected chi connectivity index (χ1v) is 22.2. The number of benzene rings is 3. The third-order valence-corrected chi connectivity index (χ3v) is 11.7. The van der Waals surface area contributed by atoms with Gasteiger partial charge >= 0.3 is 47.8 Å². The topological polar surface area (TPSA) is 210 Å². The SMILES string of the molecule is C=CC(=O)OCCOC(=O)Cc1ccc(OC(=O)C2CCC(C(=O)Oc3cc(C)c(OC(=O)C4CCC(C(=O)Oc5ccc(CC(=O)OCCOC(=O)C=C)cc5)CC4)c(C)c3C)CC2)cc1. The van der Waals surface area contributed by atoms with Gasteiger partial charge in [0.05, 0.1) is 36.5 Å². The second-order valence-electron chi connectivity index (χ2n) is 16.4. The lowest BCUT2D eigenvalue weighted by Crippen LogP contribution is -2.31. The lowest BCUT2D eigenvalue weighted by molar-refractivity contribution is -0.149. The summed E-state index contributed by atoms with van der Waals surface area (Å²) in [6.07, 6.45) is 5.52. The zero-order valence-electron chi connectivity index (χ0n) is 38.0. The quantitative estimate of drug-likeness (QED) is 0.0372. The number of esters is 8. The van der Waals surface area contributed by atoms with Crippen molar-refractivity contribution in [3.8, 4) is 23.0 Å². The van der Waals surface area contributed by atoms with E-state index < -0.39 is 71.4 Å². The Kier molecular flexibility index (Phi) is 19.0. The highest BCUT2D eigenvalue weighted by Crippen LogP contribution is 2.38. The van der Waals surface area contributed by atoms with Crippen LogP contribution in [0.1, 0.15) is 79.2 Å². The maximum absolute atomic E-state index is 13.4. The summed E-state index contributed by atoms with van der Waals surface area (Å²) in [6, 6.07) is 14.7. The van der Waals surface area contributed by atoms with Crippen molar-refractivity contribution in [3.63, 3.8) is 0 Å². The van der Waals surface area contributed by atoms with Crippen LogP contribution in [0.2, 0.25) is 0 Å². The molecule has 356 valence electrons. The molecule has 16 heteroatoms. The largest absolute Gasteiger partial charge is 0.462 e. The molecule has 2 saturated carbocycles. The van der Waals surface area contributed by atoms with E-state index in [4.69, 9.17) is 37.9 Å². The molecule has 3 aromatic rings. The van der Waals surface area contributed by atoms with Gasteiger partial charge in [-0.2, -0.15) is 0 Å². The summed E-state index contributed by atoms with van der Waals surface area (Å²) in [5.74, 6) is -4.05. The Morgan fingerprint density at radius 2 is 0.821 bits per heavy atom. The van der Waals surface area contributed by atoms with Crippen LogP contribution in [0, 0.1) is 44.4 Å². The molecule has 0 aliphatic heterocycles. The Balaban J connectivity index is 1.01. The molecule has 0 bridgehead atoms. The molecule has 0 unspecified atom stereocenters. The molecule has 3 aromatic carbocycles. The summed E-state index contributed by atoms with van der Waals surface area (Å²) in [4.78, 5) is 99.0. The van der Waals surface area contributed by atoms with Gasteiger partial charge in [-0.3, -0.25) is 28.8 Å². The number of hydrogen-bond donors (Lipinski definition) is 0. The van der Waals surface area contributed by atoms with Crippen LogP contribution in [0.25, 0.3) is 0 Å². The molecule has 0 atom stereocenters. The molecule has 0 saturated heterocycles. The molecule has 5 rings (SSSR count). The van der Waals surface area contributed by atoms with Gasteiger partial charge in [-0.15, -0.1) is 0 Å². The van der Waals surface area contributed by atoms with Crippen molar-refractivity contribution < 1.29 is 76.3 Å². The molecule has 67 heavy (non-hydrogen) atoms. The van der Waals surface area contributed by atoms with E-state index in [-0.39, 0.29) is 39.3 Å². The first-order valence-electron chi connectivity index (χ1n) is 22.2. The van der Waals surface area contributed by atoms with Gasteiger partial charge in [-0.1, -0.05) is 37.4 Å². The Morgan fingerprint density at radius 3 is 1.19 bits per heavy atom. The standard InChI is InChI=1S/C51H56O16/c1-6-43(52)60-24-26-62-45(54)29-34-8-20-40(21-9-34)64-48(56)36-12-16-38(17-13-36)50(58)66-42-28-31(3)47(33(5)32(42)4)67-51(59)39-18-14-37(15-19-39)49(57)65-41-22-10-35(11-23-41)30-46(55)63-27-25-61-44(53)7-2/h6-11,20-23,28,36-39H,1-2,12-19,24-27,29-30H2,3-5H3. The normalized spacial score (nSPS) is 17.7. The van der Waals surface area contributed by atoms with E-state index in [0.717, 1.165) is 12.2 Å². The molecule has 2 fully saturated rings. The van der Waals surface area contributed by atoms with Crippen LogP contribution in [0.15, 0.2) is 79.9 Å². The maximum Gasteiger partial charge on any atom is 0.330 e. The van der Waals surface area contributed by atoms with Gasteiger partial charge in [0.15, 0.2) is 0 Å². The van der Waals surface area contributed by atoms with Crippen LogP contribution in [-0.2, 0) is 70.1 Å². The predicted octanol–water partition coefficient (Wildman–Crippen LogP) is 6.88. The van der Waals surface area contributed by atoms with Gasteiger partial charge in [0.2, 0.25) is 0 Å². The van der Waals surface area contributed by atoms with E-state index in [2.05, 4.69) is 13.2 Å². The average molecular weight is 925 g/mol. The molecule has 0 radical (unpaired) electrons. The van der Waals surface area contributed by atoms with E-state index in [0.29, 0.717) is 102 Å². The minimum Gasteiger partial charge on any atom is -0.462 e. The van der Waals surface area contributed by atoms with E-state index in [1.54, 1.807) is 75.4 Å². The van der Waals surface area contributed by atoms with E-state index >= 15 is 0 Å². The van der Waals surface area contributed by atoms with E-state index in [1.165, 1.54) is 0 Å². The fourth-order valence-electron chi connectivity index (χ4n) is 7.69. The molecule has 0 aromatic heterocycles. The van der Waals surface area contributed by atoms with Crippen LogP contribution in [0.4, 0.5) is 0 Å². The van der Waals surface area contributed by atoms with Crippen molar-refractivity contribution in [1.29, 1.82) is 0 Å². The van der Waals surface area contributed by atoms with Gasteiger partial charge < -0.3 is 37.9 Å². The monoisotopic (exact) mass is 924 g/mol. The summed E-state index contributed by atoms with van der Waals surface area (Å²) in [6.45, 7) is 11.6. The van der Waals surface area contributed by atoms with Crippen molar-refractivity contribution >= 4 is 47.8 Å². The second kappa shape index (κ2) is 25.0. The van der Waals surface area contributed by atoms with Crippen molar-refractivity contribution in [2.45, 2.75) is 85.0 Å². The van der Waals surface area contributed by atoms with Gasteiger partial charge in [-0.25, -0.2) is 9.59 Å². The van der Waals surface area contributed by atoms with E-state index in [1.807, 2.05) is 0 Å². The molecule has 16 nitrogen and oxygen atoms in total. The Morgan fingerprint density at radius 1 is 0.478 bits per heavy atom. The fraction of sp³-hybridized carbons (Fsp3) is 0.412. The highest BCUT2D eigenvalue weighted by Gasteiger charge is 2.34. The van der Waals surface area contributed by atoms with Crippen LogP contribution in [-0.4, -0.2) is 74.2 Å². The third kappa shape index (κ3) is 15.5. The molecular weight excluding hydrogens is 869 g/mol. The number of carbonyl (C=O) groups excluding carboxylic acids is 8. The summed E-state index contributed by atoms with van der Waals surface area (Å²) in [7, 11) is 0. The first kappa shape index (κ1) is 50.9. The Hall–Kier alpha value is -7.10. The number of aryl methyl sites for hydroxylation is 1. The van der Waals surface area contributed by atoms with Crippen LogP contribution in [0.5, 0.6) is 23.0 Å². The molecule has 0 N–H and O–H groups in total. The lowest BCUT2D eigenvalue weighted by atomic mass is 9.82. The number of hydrogen-bond acceptors (Lipinski definition) is 16. The van der Waals surface area contributed by atoms with Crippen LogP contribution < -0.4 is 18.9 Å². The summed E-state index contributed by atoms with van der Waals surface area (Å²) >= 11 is 0. The summed E-state index contributed by atoms with van der Waals surface area (Å²) in [5.41, 5.74) is 3.22. The average Bonchev–Trinajstić information content (AvgIpc) is 3.33. The minimum absolute atomic E-state index is 0.0154. The zero-order chi connectivity index (χ0) is 48.5. The number of ether oxygens (including phenoxy) is 8. The number of carbonyl (C=O) groups is 8. The fourth-order valence-corrected chi connectivity index (χ4v) is 7.69. The molecule has 0 amide bonds. The second-order valence-corrected chi connectivity index (χ2v) is 16.4. The van der Waals surface area contributed by atoms with Gasteiger partial charge in [0.1, 0.15) is 49.4 Å². The Bertz CT molecular complexity index is 2300. The summed E-state index contributed by atoms with van der Waals surface area (Å²) < 4.78 is 42.7. The molecule has 0 heterocycles. The smallest absolute Gasteiger partial charge is 0.330 e. The van der Waals surface area contributed by atoms with Crippen molar-refractivity contribution in [2.75, 3.05) is 26.4 Å². The van der Waals surface area contributed by atoms with Crippen LogP contribution in [0.3, 0.4) is 0 Å². The highest BCUT2D eigenvalue weighted by atomic mass is 16.6. The predicted molar refractivity (Wildman–Crippen MR) is 239 cm³/mol. The Labute approximate surface area is 388 Å². The minimum atomic E-state index is -0.605. The van der Waals surface area contributed by atoms with Gasteiger partial charge in [0, 0.05) is 12.2 Å². The molecular formula is C51H56O16. The lowest BCUT2D eigenvalue weighted by Gasteiger charge is -2.27. The number of rotatable bonds is 20. The van der Waals surface area contributed by atoms with Gasteiger partial charge in [0.25, 0.3) is 0 Å². The van der Waals surface area contributed by atoms with Crippen LogP contribution >= 0.6 is 0 Å². The maximum atomic E-state index is 13.4. The third-order valence-electron chi connectivity index (χ3n) is 11.7. The molecule has 0 spiro atoms. The highest BCUT2D eigenvalue weighted by molar-refractivity contribution is 5.82.